The number of ether oxygens (including phenoxy) is 3. The molecule has 0 saturated carbocycles. The minimum Gasteiger partial charge on any atom is -0.494 e. The largest absolute Gasteiger partial charge is 0.494 e. The monoisotopic (exact) mass is 448 g/mol. The maximum Gasteiger partial charge on any atom is 0.348 e. The Labute approximate surface area is 181 Å². The zero-order chi connectivity index (χ0) is 22.6. The van der Waals surface area contributed by atoms with Gasteiger partial charge in [-0.05, 0) is 43.3 Å². The third kappa shape index (κ3) is 4.80. The quantitative estimate of drug-likeness (QED) is 0.594. The molecule has 0 fully saturated rings. The Morgan fingerprint density at radius 3 is 2.48 bits per heavy atom. The molecule has 0 spiro atoms. The molecule has 0 unspecified atom stereocenters. The molecule has 10 heteroatoms. The number of hydrogen-bond donors (Lipinski definition) is 0. The zero-order valence-electron chi connectivity index (χ0n) is 17.5. The molecule has 9 nitrogen and oxygen atoms in total. The molecular weight excluding hydrogens is 424 g/mol. The van der Waals surface area contributed by atoms with Gasteiger partial charge in [0.2, 0.25) is 22.0 Å². The van der Waals surface area contributed by atoms with Crippen molar-refractivity contribution in [3.8, 4) is 11.5 Å². The summed E-state index contributed by atoms with van der Waals surface area (Å²) in [5, 5.41) is 0. The van der Waals surface area contributed by atoms with Gasteiger partial charge >= 0.3 is 5.97 Å². The number of anilines is 1. The van der Waals surface area contributed by atoms with E-state index in [1.807, 2.05) is 6.92 Å². The molecule has 1 aliphatic rings. The molecule has 1 heterocycles. The van der Waals surface area contributed by atoms with Crippen LogP contribution in [0.2, 0.25) is 0 Å². The molecule has 0 aromatic heterocycles. The molecule has 0 radical (unpaired) electrons. The van der Waals surface area contributed by atoms with E-state index in [1.165, 1.54) is 31.2 Å². The molecular formula is C21H24N2O7S. The number of para-hydroxylation sites is 2. The summed E-state index contributed by atoms with van der Waals surface area (Å²) in [5.74, 6) is -0.224. The Hall–Kier alpha value is -3.11. The van der Waals surface area contributed by atoms with Crippen LogP contribution in [-0.4, -0.2) is 64.6 Å². The smallest absolute Gasteiger partial charge is 0.348 e. The number of likely N-dealkylation sites (N-methyl/N-ethyl adjacent to an activating group) is 1. The predicted octanol–water partition coefficient (Wildman–Crippen LogP) is 1.67. The van der Waals surface area contributed by atoms with Gasteiger partial charge in [-0.25, -0.2) is 13.2 Å². The molecule has 0 aliphatic carbocycles. The van der Waals surface area contributed by atoms with E-state index in [4.69, 9.17) is 14.2 Å². The highest BCUT2D eigenvalue weighted by Crippen LogP contribution is 2.33. The fourth-order valence-electron chi connectivity index (χ4n) is 3.14. The number of fused-ring (bicyclic) bond motifs is 1. The molecule has 166 valence electrons. The Kier molecular flexibility index (Phi) is 6.81. The van der Waals surface area contributed by atoms with Gasteiger partial charge in [0.25, 0.3) is 0 Å². The van der Waals surface area contributed by atoms with E-state index in [0.717, 1.165) is 4.31 Å². The highest BCUT2D eigenvalue weighted by atomic mass is 32.2. The summed E-state index contributed by atoms with van der Waals surface area (Å²) >= 11 is 0. The van der Waals surface area contributed by atoms with Crippen LogP contribution >= 0.6 is 0 Å². The second kappa shape index (κ2) is 9.36. The Bertz CT molecular complexity index is 1050. The molecule has 0 N–H and O–H groups in total. The average Bonchev–Trinajstić information content (AvgIpc) is 2.78. The van der Waals surface area contributed by atoms with E-state index in [0.29, 0.717) is 23.8 Å². The lowest BCUT2D eigenvalue weighted by Crippen LogP contribution is -2.50. The number of carbonyl (C=O) groups is 2. The summed E-state index contributed by atoms with van der Waals surface area (Å²) in [6.45, 7) is 1.80. The number of benzene rings is 2. The van der Waals surface area contributed by atoms with Gasteiger partial charge < -0.3 is 19.1 Å². The molecule has 2 aromatic carbocycles. The van der Waals surface area contributed by atoms with Crippen molar-refractivity contribution in [3.05, 3.63) is 48.5 Å². The van der Waals surface area contributed by atoms with Crippen molar-refractivity contribution >= 4 is 27.6 Å². The third-order valence-electron chi connectivity index (χ3n) is 4.74. The number of esters is 1. The van der Waals surface area contributed by atoms with Crippen LogP contribution in [-0.2, 0) is 24.3 Å². The fraction of sp³-hybridized carbons (Fsp3) is 0.333. The maximum atomic E-state index is 13.0. The number of amides is 1. The van der Waals surface area contributed by atoms with Crippen molar-refractivity contribution in [2.45, 2.75) is 17.9 Å². The Balaban J connectivity index is 1.80. The lowest BCUT2D eigenvalue weighted by molar-refractivity contribution is -0.148. The number of hydrogen-bond acceptors (Lipinski definition) is 7. The summed E-state index contributed by atoms with van der Waals surface area (Å²) in [6, 6.07) is 12.7. The highest BCUT2D eigenvalue weighted by molar-refractivity contribution is 7.89. The summed E-state index contributed by atoms with van der Waals surface area (Å²) in [6.07, 6.45) is -1.00. The first kappa shape index (κ1) is 22.6. The van der Waals surface area contributed by atoms with E-state index < -0.39 is 34.5 Å². The number of rotatable bonds is 7. The van der Waals surface area contributed by atoms with Crippen LogP contribution in [0.15, 0.2) is 53.4 Å². The van der Waals surface area contributed by atoms with Crippen LogP contribution in [0, 0.1) is 0 Å². The molecule has 1 aliphatic heterocycles. The second-order valence-corrected chi connectivity index (χ2v) is 8.81. The van der Waals surface area contributed by atoms with Crippen molar-refractivity contribution in [2.24, 2.45) is 0 Å². The number of nitrogens with zero attached hydrogens (tertiary/aromatic N) is 2. The fourth-order valence-corrected chi connectivity index (χ4v) is 4.26. The lowest BCUT2D eigenvalue weighted by Gasteiger charge is -2.34. The van der Waals surface area contributed by atoms with E-state index in [2.05, 4.69) is 0 Å². The van der Waals surface area contributed by atoms with E-state index in [1.54, 1.807) is 36.4 Å². The first-order valence-electron chi connectivity index (χ1n) is 9.61. The average molecular weight is 448 g/mol. The van der Waals surface area contributed by atoms with Crippen LogP contribution < -0.4 is 14.4 Å². The number of carbonyl (C=O) groups excluding carboxylic acids is 2. The van der Waals surface area contributed by atoms with Crippen molar-refractivity contribution < 1.29 is 32.2 Å². The lowest BCUT2D eigenvalue weighted by atomic mass is 10.2. The normalized spacial score (nSPS) is 15.7. The van der Waals surface area contributed by atoms with E-state index in [-0.39, 0.29) is 11.4 Å². The zero-order valence-corrected chi connectivity index (χ0v) is 18.3. The van der Waals surface area contributed by atoms with Gasteiger partial charge in [0.15, 0.2) is 0 Å². The van der Waals surface area contributed by atoms with Crippen molar-refractivity contribution in [2.75, 3.05) is 38.8 Å². The molecule has 3 rings (SSSR count). The van der Waals surface area contributed by atoms with Gasteiger partial charge in [-0.2, -0.15) is 4.31 Å². The Morgan fingerprint density at radius 2 is 1.84 bits per heavy atom. The predicted molar refractivity (Wildman–Crippen MR) is 113 cm³/mol. The Morgan fingerprint density at radius 1 is 1.16 bits per heavy atom. The summed E-state index contributed by atoms with van der Waals surface area (Å²) in [5.41, 5.74) is 0.458. The topological polar surface area (TPSA) is 102 Å². The standard InChI is InChI=1S/C21H24N2O7S/c1-4-29-15-9-11-16(12-10-15)31(26,27)22(2)14-20(24)23-13-19(21(25)28-3)30-18-8-6-5-7-17(18)23/h5-12,19H,4,13-14H2,1-3H3/t19-/m1/s1. The van der Waals surface area contributed by atoms with Crippen molar-refractivity contribution in [3.63, 3.8) is 0 Å². The molecule has 1 amide bonds. The van der Waals surface area contributed by atoms with Gasteiger partial charge in [0, 0.05) is 7.05 Å². The molecule has 0 bridgehead atoms. The van der Waals surface area contributed by atoms with Gasteiger partial charge in [-0.15, -0.1) is 0 Å². The van der Waals surface area contributed by atoms with Gasteiger partial charge in [-0.3, -0.25) is 4.79 Å². The number of sulfonamides is 1. The van der Waals surface area contributed by atoms with E-state index in [9.17, 15) is 18.0 Å². The van der Waals surface area contributed by atoms with Crippen molar-refractivity contribution in [1.29, 1.82) is 0 Å². The summed E-state index contributed by atoms with van der Waals surface area (Å²) < 4.78 is 42.5. The third-order valence-corrected chi connectivity index (χ3v) is 6.56. The minimum absolute atomic E-state index is 0.0427. The van der Waals surface area contributed by atoms with E-state index >= 15 is 0 Å². The van der Waals surface area contributed by atoms with Crippen LogP contribution in [0.5, 0.6) is 11.5 Å². The van der Waals surface area contributed by atoms with Gasteiger partial charge in [0.05, 0.1) is 37.4 Å². The molecule has 2 aromatic rings. The van der Waals surface area contributed by atoms with Crippen LogP contribution in [0.25, 0.3) is 0 Å². The van der Waals surface area contributed by atoms with Crippen LogP contribution in [0.1, 0.15) is 6.92 Å². The molecule has 0 saturated heterocycles. The first-order valence-corrected chi connectivity index (χ1v) is 11.0. The minimum atomic E-state index is -3.91. The maximum absolute atomic E-state index is 13.0. The summed E-state index contributed by atoms with van der Waals surface area (Å²) in [4.78, 5) is 26.4. The first-order chi connectivity index (χ1) is 14.8. The number of methoxy groups -OCH3 is 1. The molecule has 1 atom stereocenters. The van der Waals surface area contributed by atoms with Crippen LogP contribution in [0.3, 0.4) is 0 Å². The van der Waals surface area contributed by atoms with Gasteiger partial charge in [0.1, 0.15) is 11.5 Å². The van der Waals surface area contributed by atoms with Crippen molar-refractivity contribution in [1.82, 2.24) is 4.31 Å². The second-order valence-electron chi connectivity index (χ2n) is 6.77. The SMILES string of the molecule is CCOc1ccc(S(=O)(=O)N(C)CC(=O)N2C[C@H](C(=O)OC)Oc3ccccc32)cc1. The highest BCUT2D eigenvalue weighted by Gasteiger charge is 2.35. The van der Waals surface area contributed by atoms with Gasteiger partial charge in [-0.1, -0.05) is 12.1 Å². The summed E-state index contributed by atoms with van der Waals surface area (Å²) in [7, 11) is -1.35. The van der Waals surface area contributed by atoms with Crippen LogP contribution in [0.4, 0.5) is 5.69 Å². The molecule has 31 heavy (non-hydrogen) atoms.